The third kappa shape index (κ3) is 3.00. The second-order valence-electron chi connectivity index (χ2n) is 6.04. The quantitative estimate of drug-likeness (QED) is 0.934. The van der Waals surface area contributed by atoms with Gasteiger partial charge in [0.1, 0.15) is 29.4 Å². The van der Waals surface area contributed by atoms with Crippen LogP contribution in [0.15, 0.2) is 24.4 Å². The summed E-state index contributed by atoms with van der Waals surface area (Å²) in [7, 11) is 1.83. The Morgan fingerprint density at radius 3 is 3.00 bits per heavy atom. The van der Waals surface area contributed by atoms with Gasteiger partial charge in [0.05, 0.1) is 6.20 Å². The number of nitrogens with zero attached hydrogens (tertiary/aromatic N) is 3. The zero-order valence-corrected chi connectivity index (χ0v) is 12.5. The van der Waals surface area contributed by atoms with Crippen LogP contribution in [-0.2, 0) is 13.7 Å². The van der Waals surface area contributed by atoms with Gasteiger partial charge >= 0.3 is 0 Å². The molecule has 1 atom stereocenters. The minimum absolute atomic E-state index is 0.00205. The Labute approximate surface area is 123 Å². The van der Waals surface area contributed by atoms with Crippen LogP contribution in [-0.4, -0.2) is 20.6 Å². The van der Waals surface area contributed by atoms with E-state index in [1.165, 1.54) is 0 Å². The molecule has 0 fully saturated rings. The fourth-order valence-corrected chi connectivity index (χ4v) is 2.60. The van der Waals surface area contributed by atoms with Gasteiger partial charge in [-0.2, -0.15) is 0 Å². The molecule has 21 heavy (non-hydrogen) atoms. The lowest BCUT2D eigenvalue weighted by Crippen LogP contribution is -2.37. The highest BCUT2D eigenvalue weighted by molar-refractivity contribution is 5.44. The van der Waals surface area contributed by atoms with Gasteiger partial charge in [0, 0.05) is 31.1 Å². The fourth-order valence-electron chi connectivity index (χ4n) is 2.60. The SMILES string of the molecule is Cn1cc(COc2ccc3c(c2)OC(C)(C)CC3N)nn1. The number of aromatic nitrogens is 3. The van der Waals surface area contributed by atoms with Gasteiger partial charge in [0.2, 0.25) is 0 Å². The van der Waals surface area contributed by atoms with Crippen LogP contribution in [0.4, 0.5) is 0 Å². The van der Waals surface area contributed by atoms with Crippen molar-refractivity contribution in [2.75, 3.05) is 0 Å². The summed E-state index contributed by atoms with van der Waals surface area (Å²) < 4.78 is 13.4. The molecule has 0 aliphatic carbocycles. The molecule has 0 spiro atoms. The van der Waals surface area contributed by atoms with Crippen LogP contribution < -0.4 is 15.2 Å². The van der Waals surface area contributed by atoms with Crippen molar-refractivity contribution in [3.63, 3.8) is 0 Å². The van der Waals surface area contributed by atoms with Crippen LogP contribution in [0.25, 0.3) is 0 Å². The van der Waals surface area contributed by atoms with Crippen molar-refractivity contribution in [3.8, 4) is 11.5 Å². The van der Waals surface area contributed by atoms with Crippen LogP contribution in [0.1, 0.15) is 37.6 Å². The molecule has 1 aromatic carbocycles. The molecule has 6 heteroatoms. The first-order chi connectivity index (χ1) is 9.93. The van der Waals surface area contributed by atoms with Crippen molar-refractivity contribution < 1.29 is 9.47 Å². The molecule has 0 radical (unpaired) electrons. The second-order valence-corrected chi connectivity index (χ2v) is 6.04. The zero-order valence-electron chi connectivity index (χ0n) is 12.5. The molecule has 2 N–H and O–H groups in total. The maximum atomic E-state index is 6.20. The minimum atomic E-state index is -0.254. The zero-order chi connectivity index (χ0) is 15.0. The van der Waals surface area contributed by atoms with Crippen LogP contribution in [0.2, 0.25) is 0 Å². The van der Waals surface area contributed by atoms with Gasteiger partial charge < -0.3 is 15.2 Å². The van der Waals surface area contributed by atoms with Crippen molar-refractivity contribution in [1.82, 2.24) is 15.0 Å². The monoisotopic (exact) mass is 288 g/mol. The standard InChI is InChI=1S/C15H20N4O2/c1-15(2)7-13(16)12-5-4-11(6-14(12)21-15)20-9-10-8-19(3)18-17-10/h4-6,8,13H,7,9,16H2,1-3H3. The molecule has 1 aromatic heterocycles. The highest BCUT2D eigenvalue weighted by atomic mass is 16.5. The Balaban J connectivity index is 1.76. The molecule has 0 saturated carbocycles. The third-order valence-electron chi connectivity index (χ3n) is 3.52. The second kappa shape index (κ2) is 5.04. The molecule has 0 saturated heterocycles. The number of ether oxygens (including phenoxy) is 2. The lowest BCUT2D eigenvalue weighted by atomic mass is 9.90. The van der Waals surface area contributed by atoms with E-state index in [-0.39, 0.29) is 11.6 Å². The van der Waals surface area contributed by atoms with Crippen LogP contribution in [0.3, 0.4) is 0 Å². The summed E-state index contributed by atoms with van der Waals surface area (Å²) in [6.07, 6.45) is 2.63. The normalized spacial score (nSPS) is 19.7. The van der Waals surface area contributed by atoms with Gasteiger partial charge in [-0.1, -0.05) is 11.3 Å². The third-order valence-corrected chi connectivity index (χ3v) is 3.52. The van der Waals surface area contributed by atoms with Crippen molar-refractivity contribution >= 4 is 0 Å². The fraction of sp³-hybridized carbons (Fsp3) is 0.467. The number of rotatable bonds is 3. The topological polar surface area (TPSA) is 75.2 Å². The Bertz CT molecular complexity index is 651. The van der Waals surface area contributed by atoms with Crippen molar-refractivity contribution in [2.24, 2.45) is 12.8 Å². The van der Waals surface area contributed by atoms with Crippen molar-refractivity contribution in [1.29, 1.82) is 0 Å². The van der Waals surface area contributed by atoms with E-state index in [1.54, 1.807) is 4.68 Å². The number of fused-ring (bicyclic) bond motifs is 1. The first-order valence-electron chi connectivity index (χ1n) is 6.99. The number of hydrogen-bond acceptors (Lipinski definition) is 5. The lowest BCUT2D eigenvalue weighted by Gasteiger charge is -2.36. The molecule has 1 aliphatic heterocycles. The van der Waals surface area contributed by atoms with Crippen LogP contribution in [0.5, 0.6) is 11.5 Å². The minimum Gasteiger partial charge on any atom is -0.487 e. The number of aryl methyl sites for hydroxylation is 1. The molecular weight excluding hydrogens is 268 g/mol. The van der Waals surface area contributed by atoms with Gasteiger partial charge in [-0.15, -0.1) is 5.10 Å². The Morgan fingerprint density at radius 1 is 1.48 bits per heavy atom. The van der Waals surface area contributed by atoms with Gasteiger partial charge in [-0.3, -0.25) is 4.68 Å². The molecular formula is C15H20N4O2. The van der Waals surface area contributed by atoms with E-state index in [0.29, 0.717) is 6.61 Å². The smallest absolute Gasteiger partial charge is 0.134 e. The van der Waals surface area contributed by atoms with Gasteiger partial charge in [0.15, 0.2) is 0 Å². The summed E-state index contributed by atoms with van der Waals surface area (Å²) in [5.41, 5.74) is 7.76. The van der Waals surface area contributed by atoms with Gasteiger partial charge in [0.25, 0.3) is 0 Å². The molecule has 1 aliphatic rings. The van der Waals surface area contributed by atoms with E-state index >= 15 is 0 Å². The molecule has 6 nitrogen and oxygen atoms in total. The molecule has 112 valence electrons. The van der Waals surface area contributed by atoms with Crippen molar-refractivity contribution in [2.45, 2.75) is 38.5 Å². The first kappa shape index (κ1) is 13.9. The largest absolute Gasteiger partial charge is 0.487 e. The summed E-state index contributed by atoms with van der Waals surface area (Å²) in [4.78, 5) is 0. The van der Waals surface area contributed by atoms with Crippen LogP contribution >= 0.6 is 0 Å². The maximum absolute atomic E-state index is 6.20. The summed E-state index contributed by atoms with van der Waals surface area (Å²) in [6.45, 7) is 4.47. The maximum Gasteiger partial charge on any atom is 0.134 e. The van der Waals surface area contributed by atoms with Crippen molar-refractivity contribution in [3.05, 3.63) is 35.7 Å². The summed E-state index contributed by atoms with van der Waals surface area (Å²) >= 11 is 0. The molecule has 2 aromatic rings. The van der Waals surface area contributed by atoms with E-state index in [0.717, 1.165) is 29.2 Å². The van der Waals surface area contributed by atoms with Crippen LogP contribution in [0, 0.1) is 0 Å². The average Bonchev–Trinajstić information content (AvgIpc) is 2.80. The van der Waals surface area contributed by atoms with E-state index < -0.39 is 0 Å². The summed E-state index contributed by atoms with van der Waals surface area (Å²) in [6, 6.07) is 5.78. The molecule has 2 heterocycles. The molecule has 0 amide bonds. The van der Waals surface area contributed by atoms with E-state index in [2.05, 4.69) is 10.3 Å². The Morgan fingerprint density at radius 2 is 2.29 bits per heavy atom. The average molecular weight is 288 g/mol. The highest BCUT2D eigenvalue weighted by Crippen LogP contribution is 2.40. The number of hydrogen-bond donors (Lipinski definition) is 1. The summed E-state index contributed by atoms with van der Waals surface area (Å²) in [5.74, 6) is 1.54. The highest BCUT2D eigenvalue weighted by Gasteiger charge is 2.31. The van der Waals surface area contributed by atoms with E-state index in [1.807, 2.05) is 45.3 Å². The molecule has 0 bridgehead atoms. The summed E-state index contributed by atoms with van der Waals surface area (Å²) in [5, 5.41) is 7.86. The molecule has 3 rings (SSSR count). The Kier molecular flexibility index (Phi) is 3.33. The van der Waals surface area contributed by atoms with Gasteiger partial charge in [-0.25, -0.2) is 0 Å². The predicted octanol–water partition coefficient (Wildman–Crippen LogP) is 1.95. The van der Waals surface area contributed by atoms with Gasteiger partial charge in [-0.05, 0) is 19.9 Å². The lowest BCUT2D eigenvalue weighted by molar-refractivity contribution is 0.0724. The van der Waals surface area contributed by atoms with E-state index in [4.69, 9.17) is 15.2 Å². The predicted molar refractivity (Wildman–Crippen MR) is 78.0 cm³/mol. The molecule has 1 unspecified atom stereocenters. The Hall–Kier alpha value is -2.08. The first-order valence-corrected chi connectivity index (χ1v) is 6.99. The van der Waals surface area contributed by atoms with E-state index in [9.17, 15) is 0 Å². The number of benzene rings is 1. The number of nitrogens with two attached hydrogens (primary N) is 1.